The second-order valence-corrected chi connectivity index (χ2v) is 6.35. The third kappa shape index (κ3) is 4.25. The van der Waals surface area contributed by atoms with Gasteiger partial charge < -0.3 is 15.0 Å². The highest BCUT2D eigenvalue weighted by Gasteiger charge is 2.27. The largest absolute Gasteiger partial charge is 0.365 e. The normalized spacial score (nSPS) is 17.4. The zero-order valence-corrected chi connectivity index (χ0v) is 14.5. The average molecular weight is 338 g/mol. The average Bonchev–Trinajstić information content (AvgIpc) is 2.62. The van der Waals surface area contributed by atoms with E-state index < -0.39 is 0 Å². The van der Waals surface area contributed by atoms with Crippen LogP contribution in [0.5, 0.6) is 0 Å². The Labute approximate surface area is 147 Å². The predicted octanol–water partition coefficient (Wildman–Crippen LogP) is 2.47. The topological polar surface area (TPSA) is 58.6 Å². The van der Waals surface area contributed by atoms with Crippen LogP contribution < -0.4 is 10.2 Å². The maximum absolute atomic E-state index is 12.2. The van der Waals surface area contributed by atoms with Crippen molar-refractivity contribution in [3.8, 4) is 0 Å². The van der Waals surface area contributed by atoms with E-state index in [0.29, 0.717) is 18.7 Å². The van der Waals surface area contributed by atoms with E-state index in [0.717, 1.165) is 16.8 Å². The summed E-state index contributed by atoms with van der Waals surface area (Å²) in [6.07, 6.45) is -0.228. The molecular formula is C20H22N2O3. The Kier molecular flexibility index (Phi) is 5.14. The van der Waals surface area contributed by atoms with Crippen molar-refractivity contribution in [1.82, 2.24) is 5.32 Å². The first-order chi connectivity index (χ1) is 12.0. The predicted molar refractivity (Wildman–Crippen MR) is 96.8 cm³/mol. The summed E-state index contributed by atoms with van der Waals surface area (Å²) in [5.74, 6) is -0.202. The lowest BCUT2D eigenvalue weighted by Crippen LogP contribution is -2.50. The molecule has 130 valence electrons. The Balaban J connectivity index is 1.59. The number of benzene rings is 2. The Morgan fingerprint density at radius 2 is 1.68 bits per heavy atom. The number of hydrogen-bond acceptors (Lipinski definition) is 3. The van der Waals surface area contributed by atoms with Gasteiger partial charge in [-0.15, -0.1) is 0 Å². The van der Waals surface area contributed by atoms with Gasteiger partial charge >= 0.3 is 0 Å². The monoisotopic (exact) mass is 338 g/mol. The molecule has 1 heterocycles. The van der Waals surface area contributed by atoms with Crippen LogP contribution in [-0.2, 0) is 9.53 Å². The molecule has 2 amide bonds. The molecule has 1 saturated heterocycles. The number of anilines is 1. The molecule has 0 bridgehead atoms. The van der Waals surface area contributed by atoms with Crippen molar-refractivity contribution in [3.63, 3.8) is 0 Å². The summed E-state index contributed by atoms with van der Waals surface area (Å²) in [5, 5.41) is 2.88. The van der Waals surface area contributed by atoms with E-state index in [1.54, 1.807) is 17.0 Å². The first-order valence-electron chi connectivity index (χ1n) is 8.36. The second kappa shape index (κ2) is 7.49. The third-order valence-corrected chi connectivity index (χ3v) is 4.28. The number of hydrogen-bond donors (Lipinski definition) is 1. The molecule has 1 unspecified atom stereocenters. The van der Waals surface area contributed by atoms with Crippen LogP contribution in [0.2, 0.25) is 0 Å². The lowest BCUT2D eigenvalue weighted by atomic mass is 10.1. The lowest BCUT2D eigenvalue weighted by molar-refractivity contribution is -0.129. The summed E-state index contributed by atoms with van der Waals surface area (Å²) in [4.78, 5) is 26.0. The van der Waals surface area contributed by atoms with Crippen LogP contribution in [0.3, 0.4) is 0 Å². The van der Waals surface area contributed by atoms with Crippen LogP contribution in [0.4, 0.5) is 5.69 Å². The zero-order valence-electron chi connectivity index (χ0n) is 14.5. The fourth-order valence-corrected chi connectivity index (χ4v) is 2.74. The molecule has 0 saturated carbocycles. The van der Waals surface area contributed by atoms with Gasteiger partial charge in [0, 0.05) is 17.8 Å². The Morgan fingerprint density at radius 1 is 1.08 bits per heavy atom. The number of morpholine rings is 1. The van der Waals surface area contributed by atoms with Gasteiger partial charge in [0.15, 0.2) is 0 Å². The van der Waals surface area contributed by atoms with E-state index in [2.05, 4.69) is 5.32 Å². The van der Waals surface area contributed by atoms with Crippen molar-refractivity contribution in [2.24, 2.45) is 0 Å². The minimum atomic E-state index is -0.228. The number of nitrogens with one attached hydrogen (secondary N) is 1. The molecule has 2 aromatic rings. The third-order valence-electron chi connectivity index (χ3n) is 4.28. The molecule has 0 spiro atoms. The number of aryl methyl sites for hydroxylation is 2. The van der Waals surface area contributed by atoms with Gasteiger partial charge in [-0.25, -0.2) is 0 Å². The van der Waals surface area contributed by atoms with Crippen LogP contribution in [0, 0.1) is 13.8 Å². The Bertz CT molecular complexity index is 754. The minimum absolute atomic E-state index is 0.0267. The summed E-state index contributed by atoms with van der Waals surface area (Å²) in [6.45, 7) is 4.81. The molecule has 1 aliphatic rings. The first-order valence-corrected chi connectivity index (χ1v) is 8.36. The number of rotatable bonds is 4. The molecule has 3 rings (SSSR count). The van der Waals surface area contributed by atoms with Gasteiger partial charge in [-0.1, -0.05) is 35.4 Å². The SMILES string of the molecule is Cc1ccc(C(=O)NCC2CN(c3ccc(C)cc3)C(=O)CO2)cc1. The summed E-state index contributed by atoms with van der Waals surface area (Å²) in [6, 6.07) is 15.2. The highest BCUT2D eigenvalue weighted by atomic mass is 16.5. The number of amides is 2. The summed E-state index contributed by atoms with van der Waals surface area (Å²) in [7, 11) is 0. The lowest BCUT2D eigenvalue weighted by Gasteiger charge is -2.33. The highest BCUT2D eigenvalue weighted by Crippen LogP contribution is 2.19. The molecule has 5 heteroatoms. The number of nitrogens with zero attached hydrogens (tertiary/aromatic N) is 1. The van der Waals surface area contributed by atoms with Gasteiger partial charge in [-0.2, -0.15) is 0 Å². The maximum Gasteiger partial charge on any atom is 0.253 e. The van der Waals surface area contributed by atoms with E-state index in [4.69, 9.17) is 4.74 Å². The molecule has 0 aromatic heterocycles. The zero-order chi connectivity index (χ0) is 17.8. The van der Waals surface area contributed by atoms with Gasteiger partial charge in [0.2, 0.25) is 0 Å². The Morgan fingerprint density at radius 3 is 2.32 bits per heavy atom. The van der Waals surface area contributed by atoms with Gasteiger partial charge in [-0.3, -0.25) is 9.59 Å². The van der Waals surface area contributed by atoms with E-state index in [-0.39, 0.29) is 24.5 Å². The van der Waals surface area contributed by atoms with Crippen LogP contribution in [-0.4, -0.2) is 37.6 Å². The molecule has 0 aliphatic carbocycles. The molecule has 1 N–H and O–H groups in total. The number of ether oxygens (including phenoxy) is 1. The summed E-state index contributed by atoms with van der Waals surface area (Å²) >= 11 is 0. The van der Waals surface area contributed by atoms with E-state index in [1.165, 1.54) is 0 Å². The molecule has 1 fully saturated rings. The van der Waals surface area contributed by atoms with Gasteiger partial charge in [0.25, 0.3) is 11.8 Å². The maximum atomic E-state index is 12.2. The van der Waals surface area contributed by atoms with Crippen LogP contribution in [0.15, 0.2) is 48.5 Å². The fraction of sp³-hybridized carbons (Fsp3) is 0.300. The van der Waals surface area contributed by atoms with Crippen LogP contribution in [0.25, 0.3) is 0 Å². The van der Waals surface area contributed by atoms with Crippen LogP contribution >= 0.6 is 0 Å². The molecule has 2 aromatic carbocycles. The van der Waals surface area contributed by atoms with E-state index >= 15 is 0 Å². The van der Waals surface area contributed by atoms with E-state index in [9.17, 15) is 9.59 Å². The molecule has 25 heavy (non-hydrogen) atoms. The van der Waals surface area contributed by atoms with Crippen molar-refractivity contribution >= 4 is 17.5 Å². The second-order valence-electron chi connectivity index (χ2n) is 6.35. The fourth-order valence-electron chi connectivity index (χ4n) is 2.74. The number of carbonyl (C=O) groups excluding carboxylic acids is 2. The van der Waals surface area contributed by atoms with E-state index in [1.807, 2.05) is 50.2 Å². The highest BCUT2D eigenvalue weighted by molar-refractivity contribution is 5.95. The van der Waals surface area contributed by atoms with Crippen molar-refractivity contribution in [1.29, 1.82) is 0 Å². The molecule has 0 radical (unpaired) electrons. The van der Waals surface area contributed by atoms with Crippen molar-refractivity contribution in [3.05, 3.63) is 65.2 Å². The quantitative estimate of drug-likeness (QED) is 0.932. The van der Waals surface area contributed by atoms with Gasteiger partial charge in [-0.05, 0) is 38.1 Å². The van der Waals surface area contributed by atoms with Gasteiger partial charge in [0.05, 0.1) is 12.6 Å². The Hall–Kier alpha value is -2.66. The summed E-state index contributed by atoms with van der Waals surface area (Å²) < 4.78 is 5.57. The van der Waals surface area contributed by atoms with Crippen molar-refractivity contribution < 1.29 is 14.3 Å². The van der Waals surface area contributed by atoms with Crippen molar-refractivity contribution in [2.75, 3.05) is 24.6 Å². The first kappa shape index (κ1) is 17.2. The van der Waals surface area contributed by atoms with Crippen molar-refractivity contribution in [2.45, 2.75) is 20.0 Å². The number of carbonyl (C=O) groups is 2. The molecule has 5 nitrogen and oxygen atoms in total. The minimum Gasteiger partial charge on any atom is -0.365 e. The molecule has 1 aliphatic heterocycles. The molecule has 1 atom stereocenters. The standard InChI is InChI=1S/C20H22N2O3/c1-14-3-7-16(8-4-14)20(24)21-11-18-12-22(19(23)13-25-18)17-9-5-15(2)6-10-17/h3-10,18H,11-13H2,1-2H3,(H,21,24). The molecular weight excluding hydrogens is 316 g/mol. The van der Waals surface area contributed by atoms with Gasteiger partial charge in [0.1, 0.15) is 6.61 Å². The smallest absolute Gasteiger partial charge is 0.253 e. The summed E-state index contributed by atoms with van der Waals surface area (Å²) in [5.41, 5.74) is 3.73. The van der Waals surface area contributed by atoms with Crippen LogP contribution in [0.1, 0.15) is 21.5 Å².